The molecule has 2 rings (SSSR count). The van der Waals surface area contributed by atoms with Crippen LogP contribution in [0.5, 0.6) is 0 Å². The summed E-state index contributed by atoms with van der Waals surface area (Å²) in [5, 5.41) is 3.77. The normalized spacial score (nSPS) is 19.9. The maximum Gasteiger partial charge on any atom is 0.393 e. The van der Waals surface area contributed by atoms with Crippen molar-refractivity contribution in [2.45, 2.75) is 32.5 Å². The molecule has 0 saturated carbocycles. The highest BCUT2D eigenvalue weighted by Gasteiger charge is 2.42. The van der Waals surface area contributed by atoms with Gasteiger partial charge in [0.15, 0.2) is 0 Å². The number of piperidine rings is 1. The quantitative estimate of drug-likeness (QED) is 0.893. The zero-order valence-electron chi connectivity index (χ0n) is 12.0. The summed E-state index contributed by atoms with van der Waals surface area (Å²) in [6.45, 7) is 4.11. The number of nitrogens with zero attached hydrogens (tertiary/aromatic N) is 1. The Morgan fingerprint density at radius 2 is 2.14 bits per heavy atom. The minimum Gasteiger partial charge on any atom is -0.371 e. The summed E-state index contributed by atoms with van der Waals surface area (Å²) in [5.41, 5.74) is 1.81. The Labute approximate surface area is 128 Å². The lowest BCUT2D eigenvalue weighted by molar-refractivity contribution is -0.176. The minimum absolute atomic E-state index is 0.0168. The summed E-state index contributed by atoms with van der Waals surface area (Å²) >= 11 is 6.03. The van der Waals surface area contributed by atoms with Crippen molar-refractivity contribution in [2.24, 2.45) is 5.92 Å². The molecule has 6 heteroatoms. The van der Waals surface area contributed by atoms with Crippen LogP contribution in [0.4, 0.5) is 18.9 Å². The summed E-state index contributed by atoms with van der Waals surface area (Å²) in [6.07, 6.45) is -3.36. The fourth-order valence-corrected chi connectivity index (χ4v) is 2.87. The number of anilines is 1. The van der Waals surface area contributed by atoms with Crippen LogP contribution in [0, 0.1) is 5.92 Å². The van der Waals surface area contributed by atoms with Gasteiger partial charge < -0.3 is 10.2 Å². The molecule has 1 aliphatic heterocycles. The monoisotopic (exact) mass is 320 g/mol. The van der Waals surface area contributed by atoms with E-state index in [9.17, 15) is 13.2 Å². The van der Waals surface area contributed by atoms with Crippen LogP contribution < -0.4 is 10.2 Å². The fraction of sp³-hybridized carbons (Fsp3) is 0.600. The molecule has 0 radical (unpaired) electrons. The van der Waals surface area contributed by atoms with Gasteiger partial charge in [0.05, 0.1) is 5.92 Å². The average Bonchev–Trinajstić information content (AvgIpc) is 2.45. The minimum atomic E-state index is -4.13. The molecule has 0 spiro atoms. The molecule has 1 aromatic carbocycles. The summed E-state index contributed by atoms with van der Waals surface area (Å²) < 4.78 is 38.8. The van der Waals surface area contributed by atoms with Crippen LogP contribution >= 0.6 is 11.6 Å². The molecule has 0 bridgehead atoms. The van der Waals surface area contributed by atoms with Gasteiger partial charge in [-0.3, -0.25) is 0 Å². The maximum absolute atomic E-state index is 12.9. The molecule has 1 saturated heterocycles. The van der Waals surface area contributed by atoms with Gasteiger partial charge in [-0.05, 0) is 37.1 Å². The van der Waals surface area contributed by atoms with E-state index in [2.05, 4.69) is 5.32 Å². The van der Waals surface area contributed by atoms with Crippen molar-refractivity contribution in [3.05, 3.63) is 28.8 Å². The molecule has 1 aromatic rings. The second kappa shape index (κ2) is 6.88. The number of hydrogen-bond donors (Lipinski definition) is 1. The molecule has 1 aliphatic rings. The lowest BCUT2D eigenvalue weighted by Gasteiger charge is -2.36. The summed E-state index contributed by atoms with van der Waals surface area (Å²) in [4.78, 5) is 1.82. The first-order chi connectivity index (χ1) is 9.91. The second-order valence-corrected chi connectivity index (χ2v) is 5.82. The molecule has 118 valence electrons. The van der Waals surface area contributed by atoms with Crippen LogP contribution in [0.1, 0.15) is 25.3 Å². The standard InChI is InChI=1S/C15H20ClF3N2/c1-2-20-9-11-5-6-13(16)8-14(11)21-7-3-4-12(10-21)15(17,18)19/h5-6,8,12,20H,2-4,7,9-10H2,1H3. The van der Waals surface area contributed by atoms with E-state index >= 15 is 0 Å². The van der Waals surface area contributed by atoms with Crippen molar-refractivity contribution < 1.29 is 13.2 Å². The van der Waals surface area contributed by atoms with Crippen molar-refractivity contribution in [2.75, 3.05) is 24.5 Å². The molecule has 0 aliphatic carbocycles. The van der Waals surface area contributed by atoms with E-state index in [-0.39, 0.29) is 13.0 Å². The van der Waals surface area contributed by atoms with E-state index in [1.807, 2.05) is 17.9 Å². The Hall–Kier alpha value is -0.940. The number of rotatable bonds is 4. The van der Waals surface area contributed by atoms with Gasteiger partial charge in [-0.25, -0.2) is 0 Å². The Morgan fingerprint density at radius 1 is 1.38 bits per heavy atom. The smallest absolute Gasteiger partial charge is 0.371 e. The number of halogens is 4. The third-order valence-electron chi connectivity index (χ3n) is 3.84. The van der Waals surface area contributed by atoms with E-state index in [4.69, 9.17) is 11.6 Å². The molecule has 1 fully saturated rings. The van der Waals surface area contributed by atoms with Gasteiger partial charge >= 0.3 is 6.18 Å². The van der Waals surface area contributed by atoms with Gasteiger partial charge in [-0.2, -0.15) is 13.2 Å². The molecule has 0 aromatic heterocycles. The van der Waals surface area contributed by atoms with E-state index in [0.29, 0.717) is 24.5 Å². The fourth-order valence-electron chi connectivity index (χ4n) is 2.70. The van der Waals surface area contributed by atoms with Crippen molar-refractivity contribution >= 4 is 17.3 Å². The van der Waals surface area contributed by atoms with E-state index in [1.54, 1.807) is 12.1 Å². The van der Waals surface area contributed by atoms with Crippen molar-refractivity contribution in [1.29, 1.82) is 0 Å². The zero-order chi connectivity index (χ0) is 15.5. The van der Waals surface area contributed by atoms with Gasteiger partial charge in [0.25, 0.3) is 0 Å². The highest BCUT2D eigenvalue weighted by atomic mass is 35.5. The molecule has 0 amide bonds. The van der Waals surface area contributed by atoms with Crippen molar-refractivity contribution in [1.82, 2.24) is 5.32 Å². The molecule has 1 unspecified atom stereocenters. The molecular formula is C15H20ClF3N2. The van der Waals surface area contributed by atoms with Gasteiger partial charge in [-0.1, -0.05) is 24.6 Å². The predicted molar refractivity (Wildman–Crippen MR) is 79.8 cm³/mol. The van der Waals surface area contributed by atoms with Crippen molar-refractivity contribution in [3.8, 4) is 0 Å². The zero-order valence-corrected chi connectivity index (χ0v) is 12.8. The Morgan fingerprint density at radius 3 is 2.81 bits per heavy atom. The summed E-state index contributed by atoms with van der Waals surface area (Å²) in [7, 11) is 0. The largest absolute Gasteiger partial charge is 0.393 e. The van der Waals surface area contributed by atoms with Crippen LogP contribution in [0.25, 0.3) is 0 Å². The van der Waals surface area contributed by atoms with Crippen LogP contribution in [0.3, 0.4) is 0 Å². The second-order valence-electron chi connectivity index (χ2n) is 5.38. The first-order valence-corrected chi connectivity index (χ1v) is 7.60. The van der Waals surface area contributed by atoms with Gasteiger partial charge in [0.1, 0.15) is 0 Å². The lowest BCUT2D eigenvalue weighted by Crippen LogP contribution is -2.42. The van der Waals surface area contributed by atoms with Crippen LogP contribution in [-0.4, -0.2) is 25.8 Å². The third kappa shape index (κ3) is 4.27. The predicted octanol–water partition coefficient (Wildman–Crippen LogP) is 4.23. The van der Waals surface area contributed by atoms with Crippen molar-refractivity contribution in [3.63, 3.8) is 0 Å². The number of alkyl halides is 3. The Bertz CT molecular complexity index is 476. The molecule has 1 heterocycles. The van der Waals surface area contributed by atoms with Crippen LogP contribution in [0.15, 0.2) is 18.2 Å². The highest BCUT2D eigenvalue weighted by Crippen LogP contribution is 2.36. The topological polar surface area (TPSA) is 15.3 Å². The van der Waals surface area contributed by atoms with Crippen LogP contribution in [0.2, 0.25) is 5.02 Å². The first kappa shape index (κ1) is 16.4. The maximum atomic E-state index is 12.9. The molecule has 21 heavy (non-hydrogen) atoms. The van der Waals surface area contributed by atoms with E-state index < -0.39 is 12.1 Å². The van der Waals surface area contributed by atoms with Crippen LogP contribution in [-0.2, 0) is 6.54 Å². The Balaban J connectivity index is 2.21. The molecule has 1 N–H and O–H groups in total. The van der Waals surface area contributed by atoms with Gasteiger partial charge in [0, 0.05) is 30.3 Å². The number of hydrogen-bond acceptors (Lipinski definition) is 2. The SMILES string of the molecule is CCNCc1ccc(Cl)cc1N1CCCC(C(F)(F)F)C1. The average molecular weight is 321 g/mol. The van der Waals surface area contributed by atoms with E-state index in [0.717, 1.165) is 17.8 Å². The summed E-state index contributed by atoms with van der Waals surface area (Å²) in [6, 6.07) is 5.44. The number of nitrogens with one attached hydrogen (secondary N) is 1. The van der Waals surface area contributed by atoms with Gasteiger partial charge in [0.2, 0.25) is 0 Å². The van der Waals surface area contributed by atoms with E-state index in [1.165, 1.54) is 0 Å². The molecular weight excluding hydrogens is 301 g/mol. The lowest BCUT2D eigenvalue weighted by atomic mass is 9.96. The molecule has 1 atom stereocenters. The molecule has 2 nitrogen and oxygen atoms in total. The Kier molecular flexibility index (Phi) is 5.38. The van der Waals surface area contributed by atoms with Gasteiger partial charge in [-0.15, -0.1) is 0 Å². The number of benzene rings is 1. The highest BCUT2D eigenvalue weighted by molar-refractivity contribution is 6.30. The summed E-state index contributed by atoms with van der Waals surface area (Å²) in [5.74, 6) is -1.25. The third-order valence-corrected chi connectivity index (χ3v) is 4.07. The first-order valence-electron chi connectivity index (χ1n) is 7.22.